The van der Waals surface area contributed by atoms with E-state index in [1.807, 2.05) is 0 Å². The summed E-state index contributed by atoms with van der Waals surface area (Å²) in [5.74, 6) is -5.57. The predicted molar refractivity (Wildman–Crippen MR) is 112 cm³/mol. The normalized spacial score (nSPS) is 16.8. The van der Waals surface area contributed by atoms with Gasteiger partial charge in [0.1, 0.15) is 5.82 Å². The van der Waals surface area contributed by atoms with E-state index in [1.165, 1.54) is 18.2 Å². The van der Waals surface area contributed by atoms with E-state index in [1.54, 1.807) is 13.8 Å². The van der Waals surface area contributed by atoms with Crippen LogP contribution in [0.5, 0.6) is 11.5 Å². The fourth-order valence-corrected chi connectivity index (χ4v) is 4.01. The maximum atomic E-state index is 15.4. The summed E-state index contributed by atoms with van der Waals surface area (Å²) in [6.45, 7) is 3.68. The standard InChI is InChI=1S/C25H20F6O2/c1-3-11-33-17-10-8-15(21(27)23(17)29)14-6-5-12-13-7-9-16(32-4-2)22(28)19(13)25(31)24(30)18(12)20(14)26/h5-10,24-25H,3-4,11H2,1-2H3. The third-order valence-electron chi connectivity index (χ3n) is 5.52. The van der Waals surface area contributed by atoms with Crippen LogP contribution in [0.15, 0.2) is 36.4 Å². The maximum absolute atomic E-state index is 15.4. The van der Waals surface area contributed by atoms with Crippen LogP contribution in [0.4, 0.5) is 26.3 Å². The Balaban J connectivity index is 1.86. The molecule has 174 valence electrons. The molecule has 0 spiro atoms. The maximum Gasteiger partial charge on any atom is 0.201 e. The molecule has 3 aromatic rings. The zero-order chi connectivity index (χ0) is 23.9. The topological polar surface area (TPSA) is 18.5 Å². The van der Waals surface area contributed by atoms with Crippen molar-refractivity contribution >= 4 is 0 Å². The van der Waals surface area contributed by atoms with E-state index < -0.39 is 57.9 Å². The van der Waals surface area contributed by atoms with E-state index in [-0.39, 0.29) is 35.8 Å². The van der Waals surface area contributed by atoms with Gasteiger partial charge in [-0.3, -0.25) is 0 Å². The molecule has 2 unspecified atom stereocenters. The van der Waals surface area contributed by atoms with Gasteiger partial charge in [-0.05, 0) is 42.7 Å². The Labute approximate surface area is 186 Å². The van der Waals surface area contributed by atoms with Gasteiger partial charge in [-0.2, -0.15) is 4.39 Å². The minimum atomic E-state index is -2.56. The Morgan fingerprint density at radius 3 is 1.70 bits per heavy atom. The molecular formula is C25H20F6O2. The summed E-state index contributed by atoms with van der Waals surface area (Å²) in [5, 5.41) is 0. The van der Waals surface area contributed by atoms with Gasteiger partial charge in [-0.25, -0.2) is 22.0 Å². The molecule has 8 heteroatoms. The van der Waals surface area contributed by atoms with Gasteiger partial charge in [-0.15, -0.1) is 0 Å². The average Bonchev–Trinajstić information content (AvgIpc) is 2.80. The van der Waals surface area contributed by atoms with E-state index in [0.717, 1.165) is 18.2 Å². The first-order chi connectivity index (χ1) is 15.8. The molecule has 3 aromatic carbocycles. The highest BCUT2D eigenvalue weighted by molar-refractivity contribution is 5.80. The number of alkyl halides is 2. The predicted octanol–water partition coefficient (Wildman–Crippen LogP) is 7.80. The minimum Gasteiger partial charge on any atom is -0.491 e. The Morgan fingerprint density at radius 2 is 1.09 bits per heavy atom. The van der Waals surface area contributed by atoms with Crippen LogP contribution >= 0.6 is 0 Å². The van der Waals surface area contributed by atoms with Crippen molar-refractivity contribution in [3.05, 3.63) is 70.8 Å². The first-order valence-corrected chi connectivity index (χ1v) is 10.5. The number of hydrogen-bond acceptors (Lipinski definition) is 2. The van der Waals surface area contributed by atoms with E-state index in [9.17, 15) is 17.6 Å². The van der Waals surface area contributed by atoms with Crippen molar-refractivity contribution in [2.45, 2.75) is 32.6 Å². The summed E-state index contributed by atoms with van der Waals surface area (Å²) in [6.07, 6.45) is -4.50. The van der Waals surface area contributed by atoms with Gasteiger partial charge >= 0.3 is 0 Å². The van der Waals surface area contributed by atoms with Crippen LogP contribution in [0.25, 0.3) is 22.3 Å². The van der Waals surface area contributed by atoms with Gasteiger partial charge < -0.3 is 9.47 Å². The number of fused-ring (bicyclic) bond motifs is 3. The molecule has 1 aliphatic rings. The second kappa shape index (κ2) is 9.00. The lowest BCUT2D eigenvalue weighted by atomic mass is 9.81. The molecule has 0 N–H and O–H groups in total. The lowest BCUT2D eigenvalue weighted by Crippen LogP contribution is -2.16. The van der Waals surface area contributed by atoms with Crippen LogP contribution in [0.1, 0.15) is 43.7 Å². The molecule has 0 saturated carbocycles. The first-order valence-electron chi connectivity index (χ1n) is 10.5. The van der Waals surface area contributed by atoms with Crippen molar-refractivity contribution in [1.82, 2.24) is 0 Å². The quantitative estimate of drug-likeness (QED) is 0.345. The van der Waals surface area contributed by atoms with Gasteiger partial charge in [0.25, 0.3) is 0 Å². The fourth-order valence-electron chi connectivity index (χ4n) is 4.01. The van der Waals surface area contributed by atoms with Gasteiger partial charge in [0, 0.05) is 22.3 Å². The van der Waals surface area contributed by atoms with Crippen molar-refractivity contribution in [3.8, 4) is 33.8 Å². The number of ether oxygens (including phenoxy) is 2. The summed E-state index contributed by atoms with van der Waals surface area (Å²) >= 11 is 0. The third kappa shape index (κ3) is 3.71. The monoisotopic (exact) mass is 466 g/mol. The molecule has 0 heterocycles. The summed E-state index contributed by atoms with van der Waals surface area (Å²) < 4.78 is 99.6. The SMILES string of the molecule is CCCOc1ccc(-c2ccc3c(c2F)C(F)C(F)c2c-3ccc(OCC)c2F)c(F)c1F. The lowest BCUT2D eigenvalue weighted by Gasteiger charge is -2.28. The van der Waals surface area contributed by atoms with E-state index >= 15 is 8.78 Å². The van der Waals surface area contributed by atoms with Crippen LogP contribution < -0.4 is 9.47 Å². The van der Waals surface area contributed by atoms with Gasteiger partial charge in [0.2, 0.25) is 5.82 Å². The summed E-state index contributed by atoms with van der Waals surface area (Å²) in [7, 11) is 0. The van der Waals surface area contributed by atoms with Crippen molar-refractivity contribution in [2.24, 2.45) is 0 Å². The average molecular weight is 466 g/mol. The molecule has 33 heavy (non-hydrogen) atoms. The molecule has 0 amide bonds. The zero-order valence-electron chi connectivity index (χ0n) is 17.8. The summed E-state index contributed by atoms with van der Waals surface area (Å²) in [4.78, 5) is 0. The number of rotatable bonds is 6. The van der Waals surface area contributed by atoms with Crippen molar-refractivity contribution in [1.29, 1.82) is 0 Å². The number of halogens is 6. The van der Waals surface area contributed by atoms with E-state index in [2.05, 4.69) is 0 Å². The lowest BCUT2D eigenvalue weighted by molar-refractivity contribution is 0.159. The molecule has 2 nitrogen and oxygen atoms in total. The summed E-state index contributed by atoms with van der Waals surface area (Å²) in [6, 6.07) is 7.19. The molecule has 0 aromatic heterocycles. The fraction of sp³-hybridized carbons (Fsp3) is 0.280. The van der Waals surface area contributed by atoms with Crippen LogP contribution in [-0.2, 0) is 0 Å². The Kier molecular flexibility index (Phi) is 6.28. The van der Waals surface area contributed by atoms with Crippen LogP contribution in [-0.4, -0.2) is 13.2 Å². The van der Waals surface area contributed by atoms with E-state index in [0.29, 0.717) is 6.42 Å². The number of benzene rings is 3. The van der Waals surface area contributed by atoms with Crippen LogP contribution in [0.3, 0.4) is 0 Å². The molecule has 4 rings (SSSR count). The third-order valence-corrected chi connectivity index (χ3v) is 5.52. The second-order valence-electron chi connectivity index (χ2n) is 7.55. The van der Waals surface area contributed by atoms with Crippen LogP contribution in [0.2, 0.25) is 0 Å². The van der Waals surface area contributed by atoms with Crippen LogP contribution in [0, 0.1) is 23.3 Å². The summed E-state index contributed by atoms with van der Waals surface area (Å²) in [5.41, 5.74) is -2.27. The molecule has 2 atom stereocenters. The molecule has 0 radical (unpaired) electrons. The van der Waals surface area contributed by atoms with Gasteiger partial charge in [0.05, 0.1) is 13.2 Å². The molecular weight excluding hydrogens is 446 g/mol. The highest BCUT2D eigenvalue weighted by Crippen LogP contribution is 2.52. The first kappa shape index (κ1) is 23.0. The highest BCUT2D eigenvalue weighted by atomic mass is 19.2. The largest absolute Gasteiger partial charge is 0.491 e. The highest BCUT2D eigenvalue weighted by Gasteiger charge is 2.40. The molecule has 0 bridgehead atoms. The molecule has 0 saturated heterocycles. The van der Waals surface area contributed by atoms with Crippen molar-refractivity contribution in [2.75, 3.05) is 13.2 Å². The molecule has 0 aliphatic heterocycles. The smallest absolute Gasteiger partial charge is 0.201 e. The molecule has 1 aliphatic carbocycles. The Bertz CT molecular complexity index is 1210. The van der Waals surface area contributed by atoms with Crippen molar-refractivity contribution < 1.29 is 35.8 Å². The van der Waals surface area contributed by atoms with E-state index in [4.69, 9.17) is 9.47 Å². The van der Waals surface area contributed by atoms with Gasteiger partial charge in [0.15, 0.2) is 35.5 Å². The zero-order valence-corrected chi connectivity index (χ0v) is 17.8. The van der Waals surface area contributed by atoms with Gasteiger partial charge in [-0.1, -0.05) is 25.1 Å². The second-order valence-corrected chi connectivity index (χ2v) is 7.55. The Morgan fingerprint density at radius 1 is 0.606 bits per heavy atom. The number of hydrogen-bond donors (Lipinski definition) is 0. The van der Waals surface area contributed by atoms with Crippen molar-refractivity contribution in [3.63, 3.8) is 0 Å². The Hall–Kier alpha value is -3.16. The molecule has 0 fully saturated rings. The minimum absolute atomic E-state index is 0.0345.